The van der Waals surface area contributed by atoms with Gasteiger partial charge in [-0.1, -0.05) is 23.5 Å². The quantitative estimate of drug-likeness (QED) is 0.690. The van der Waals surface area contributed by atoms with Crippen LogP contribution in [0, 0.1) is 13.8 Å². The van der Waals surface area contributed by atoms with Crippen LogP contribution >= 0.6 is 11.3 Å². The van der Waals surface area contributed by atoms with Gasteiger partial charge in [-0.2, -0.15) is 10.1 Å². The zero-order valence-electron chi connectivity index (χ0n) is 15.8. The third kappa shape index (κ3) is 3.42. The van der Waals surface area contributed by atoms with Gasteiger partial charge in [-0.25, -0.2) is 4.68 Å². The molecule has 2 aromatic heterocycles. The number of methoxy groups -OCH3 is 1. The lowest BCUT2D eigenvalue weighted by Gasteiger charge is -2.34. The van der Waals surface area contributed by atoms with Crippen molar-refractivity contribution in [3.8, 4) is 5.69 Å². The summed E-state index contributed by atoms with van der Waals surface area (Å²) in [5.41, 5.74) is 4.11. The molecule has 0 saturated carbocycles. The normalized spacial score (nSPS) is 14.9. The molecule has 27 heavy (non-hydrogen) atoms. The second kappa shape index (κ2) is 7.28. The molecule has 1 fully saturated rings. The summed E-state index contributed by atoms with van der Waals surface area (Å²) in [6, 6.07) is 8.29. The number of anilines is 1. The van der Waals surface area contributed by atoms with E-state index < -0.39 is 0 Å². The van der Waals surface area contributed by atoms with Crippen LogP contribution in [0.25, 0.3) is 16.0 Å². The number of thiazole rings is 1. The lowest BCUT2D eigenvalue weighted by atomic mass is 10.2. The molecule has 3 aromatic rings. The van der Waals surface area contributed by atoms with E-state index in [4.69, 9.17) is 9.72 Å². The standard InChI is InChI=1S/C19H23N5O2S/c1-13-5-4-6-15(11-13)24-18-17(14(2)21-24)27-19(20-18)23-9-7-22(8-10-23)16(25)12-26-3/h4-6,11H,7-10,12H2,1-3H3. The molecule has 1 aromatic carbocycles. The second-order valence-electron chi connectivity index (χ2n) is 6.79. The van der Waals surface area contributed by atoms with Gasteiger partial charge in [0.25, 0.3) is 0 Å². The number of ether oxygens (including phenoxy) is 1. The highest BCUT2D eigenvalue weighted by Gasteiger charge is 2.24. The molecule has 142 valence electrons. The monoisotopic (exact) mass is 385 g/mol. The van der Waals surface area contributed by atoms with E-state index in [9.17, 15) is 4.79 Å². The molecule has 1 aliphatic rings. The first kappa shape index (κ1) is 17.9. The molecule has 0 unspecified atom stereocenters. The summed E-state index contributed by atoms with van der Waals surface area (Å²) in [4.78, 5) is 21.0. The van der Waals surface area contributed by atoms with Crippen molar-refractivity contribution >= 4 is 32.7 Å². The molecule has 0 aliphatic carbocycles. The van der Waals surface area contributed by atoms with Crippen LogP contribution in [0.5, 0.6) is 0 Å². The second-order valence-corrected chi connectivity index (χ2v) is 7.76. The molecule has 1 aliphatic heterocycles. The minimum atomic E-state index is 0.0485. The highest BCUT2D eigenvalue weighted by atomic mass is 32.1. The van der Waals surface area contributed by atoms with Gasteiger partial charge in [-0.15, -0.1) is 0 Å². The third-order valence-electron chi connectivity index (χ3n) is 4.79. The van der Waals surface area contributed by atoms with Gasteiger partial charge in [-0.3, -0.25) is 4.79 Å². The number of carbonyl (C=O) groups is 1. The smallest absolute Gasteiger partial charge is 0.248 e. The van der Waals surface area contributed by atoms with E-state index in [2.05, 4.69) is 35.1 Å². The number of hydrogen-bond acceptors (Lipinski definition) is 6. The molecule has 0 radical (unpaired) electrons. The molecular formula is C19H23N5O2S. The summed E-state index contributed by atoms with van der Waals surface area (Å²) < 4.78 is 7.99. The number of piperazine rings is 1. The molecule has 1 amide bonds. The van der Waals surface area contributed by atoms with E-state index in [0.717, 1.165) is 39.9 Å². The van der Waals surface area contributed by atoms with E-state index in [1.54, 1.807) is 18.4 Å². The summed E-state index contributed by atoms with van der Waals surface area (Å²) in [6.07, 6.45) is 0. The largest absolute Gasteiger partial charge is 0.375 e. The van der Waals surface area contributed by atoms with Crippen molar-refractivity contribution in [2.75, 3.05) is 44.8 Å². The average molecular weight is 385 g/mol. The van der Waals surface area contributed by atoms with Crippen molar-refractivity contribution in [1.82, 2.24) is 19.7 Å². The Morgan fingerprint density at radius 2 is 2.00 bits per heavy atom. The number of amides is 1. The molecule has 0 atom stereocenters. The van der Waals surface area contributed by atoms with E-state index >= 15 is 0 Å². The van der Waals surface area contributed by atoms with Crippen molar-refractivity contribution in [3.63, 3.8) is 0 Å². The molecule has 1 saturated heterocycles. The topological polar surface area (TPSA) is 63.5 Å². The summed E-state index contributed by atoms with van der Waals surface area (Å²) in [6.45, 7) is 7.20. The number of carbonyl (C=O) groups excluding carboxylic acids is 1. The summed E-state index contributed by atoms with van der Waals surface area (Å²) in [5.74, 6) is 0.0485. The number of fused-ring (bicyclic) bond motifs is 1. The van der Waals surface area contributed by atoms with Crippen LogP contribution in [0.15, 0.2) is 24.3 Å². The maximum Gasteiger partial charge on any atom is 0.248 e. The van der Waals surface area contributed by atoms with Gasteiger partial charge < -0.3 is 14.5 Å². The van der Waals surface area contributed by atoms with Gasteiger partial charge in [0.05, 0.1) is 16.1 Å². The fourth-order valence-electron chi connectivity index (χ4n) is 3.36. The number of aryl methyl sites for hydroxylation is 2. The Bertz CT molecular complexity index is 972. The zero-order valence-corrected chi connectivity index (χ0v) is 16.6. The fourth-order valence-corrected chi connectivity index (χ4v) is 4.40. The van der Waals surface area contributed by atoms with Gasteiger partial charge in [0.1, 0.15) is 6.61 Å². The summed E-state index contributed by atoms with van der Waals surface area (Å²) in [7, 11) is 1.55. The Balaban J connectivity index is 1.58. The number of rotatable bonds is 4. The predicted octanol–water partition coefficient (Wildman–Crippen LogP) is 2.39. The van der Waals surface area contributed by atoms with Crippen molar-refractivity contribution in [2.45, 2.75) is 13.8 Å². The van der Waals surface area contributed by atoms with Crippen LogP contribution in [0.3, 0.4) is 0 Å². The SMILES string of the molecule is COCC(=O)N1CCN(c2nc3c(s2)c(C)nn3-c2cccc(C)c2)CC1. The first-order valence-corrected chi connectivity index (χ1v) is 9.83. The van der Waals surface area contributed by atoms with Gasteiger partial charge in [-0.05, 0) is 31.5 Å². The molecule has 0 N–H and O–H groups in total. The fraction of sp³-hybridized carbons (Fsp3) is 0.421. The highest BCUT2D eigenvalue weighted by Crippen LogP contribution is 2.33. The summed E-state index contributed by atoms with van der Waals surface area (Å²) >= 11 is 1.67. The lowest BCUT2D eigenvalue weighted by Crippen LogP contribution is -2.49. The Morgan fingerprint density at radius 1 is 1.22 bits per heavy atom. The Hall–Kier alpha value is -2.45. The first-order chi connectivity index (χ1) is 13.1. The first-order valence-electron chi connectivity index (χ1n) is 9.01. The molecular weight excluding hydrogens is 362 g/mol. The third-order valence-corrected chi connectivity index (χ3v) is 6.01. The molecule has 4 rings (SSSR count). The van der Waals surface area contributed by atoms with Gasteiger partial charge in [0.2, 0.25) is 5.91 Å². The number of benzene rings is 1. The maximum absolute atomic E-state index is 12.0. The number of nitrogens with zero attached hydrogens (tertiary/aromatic N) is 5. The number of aromatic nitrogens is 3. The lowest BCUT2D eigenvalue weighted by molar-refractivity contribution is -0.135. The maximum atomic E-state index is 12.0. The minimum Gasteiger partial charge on any atom is -0.375 e. The van der Waals surface area contributed by atoms with Crippen molar-refractivity contribution in [1.29, 1.82) is 0 Å². The highest BCUT2D eigenvalue weighted by molar-refractivity contribution is 7.22. The van der Waals surface area contributed by atoms with Crippen LogP contribution in [0.4, 0.5) is 5.13 Å². The molecule has 0 bridgehead atoms. The van der Waals surface area contributed by atoms with Crippen LogP contribution in [0.2, 0.25) is 0 Å². The minimum absolute atomic E-state index is 0.0485. The Kier molecular flexibility index (Phi) is 4.84. The van der Waals surface area contributed by atoms with Crippen molar-refractivity contribution in [3.05, 3.63) is 35.5 Å². The van der Waals surface area contributed by atoms with E-state index in [0.29, 0.717) is 13.1 Å². The molecule has 7 nitrogen and oxygen atoms in total. The Labute approximate surface area is 162 Å². The van der Waals surface area contributed by atoms with E-state index in [-0.39, 0.29) is 12.5 Å². The predicted molar refractivity (Wildman–Crippen MR) is 107 cm³/mol. The van der Waals surface area contributed by atoms with Crippen LogP contribution < -0.4 is 4.90 Å². The average Bonchev–Trinajstić information content (AvgIpc) is 3.23. The van der Waals surface area contributed by atoms with Crippen molar-refractivity contribution in [2.24, 2.45) is 0 Å². The zero-order chi connectivity index (χ0) is 19.0. The van der Waals surface area contributed by atoms with E-state index in [1.165, 1.54) is 5.56 Å². The van der Waals surface area contributed by atoms with Gasteiger partial charge in [0.15, 0.2) is 10.8 Å². The molecule has 8 heteroatoms. The van der Waals surface area contributed by atoms with Gasteiger partial charge in [0, 0.05) is 33.3 Å². The number of hydrogen-bond donors (Lipinski definition) is 0. The van der Waals surface area contributed by atoms with Gasteiger partial charge >= 0.3 is 0 Å². The summed E-state index contributed by atoms with van der Waals surface area (Å²) in [5, 5.41) is 5.67. The molecule has 3 heterocycles. The van der Waals surface area contributed by atoms with Crippen LogP contribution in [-0.2, 0) is 9.53 Å². The van der Waals surface area contributed by atoms with Crippen LogP contribution in [-0.4, -0.2) is 65.5 Å². The Morgan fingerprint density at radius 3 is 2.70 bits per heavy atom. The van der Waals surface area contributed by atoms with Crippen molar-refractivity contribution < 1.29 is 9.53 Å². The van der Waals surface area contributed by atoms with Crippen LogP contribution in [0.1, 0.15) is 11.3 Å². The van der Waals surface area contributed by atoms with E-state index in [1.807, 2.05) is 22.6 Å². The molecule has 0 spiro atoms.